The van der Waals surface area contributed by atoms with E-state index < -0.39 is 72.1 Å². The number of rotatable bonds is 15. The highest BCUT2D eigenvalue weighted by atomic mass is 16.4. The van der Waals surface area contributed by atoms with Gasteiger partial charge in [0.05, 0.1) is 12.5 Å². The molecule has 0 heterocycles. The zero-order valence-electron chi connectivity index (χ0n) is 20.1. The van der Waals surface area contributed by atoms with E-state index in [0.717, 1.165) is 0 Å². The number of amides is 4. The standard InChI is InChI=1S/C23H33N5O8/c1-12(2)19(28-20(32)14(24)8-9-18(30)31)22(34)26-15(10-13-6-4-3-5-7-13)21(33)27-16(23(35)36)11-17(25)29/h3-7,12,14-16,19H,8-11,24H2,1-2H3,(H2,25,29)(H,26,34)(H,27,33)(H,28,32)(H,30,31)(H,35,36). The minimum absolute atomic E-state index is 0.0157. The minimum Gasteiger partial charge on any atom is -0.481 e. The summed E-state index contributed by atoms with van der Waals surface area (Å²) in [7, 11) is 0. The van der Waals surface area contributed by atoms with Crippen LogP contribution in [-0.4, -0.2) is 69.9 Å². The Morgan fingerprint density at radius 3 is 1.94 bits per heavy atom. The SMILES string of the molecule is CC(C)C(NC(=O)C(N)CCC(=O)O)C(=O)NC(Cc1ccccc1)C(=O)NC(CC(N)=O)C(=O)O. The number of carboxylic acid groups (broad SMARTS) is 2. The largest absolute Gasteiger partial charge is 0.481 e. The van der Waals surface area contributed by atoms with Crippen LogP contribution in [0.4, 0.5) is 0 Å². The smallest absolute Gasteiger partial charge is 0.326 e. The summed E-state index contributed by atoms with van der Waals surface area (Å²) in [6.07, 6.45) is -1.13. The summed E-state index contributed by atoms with van der Waals surface area (Å²) in [6, 6.07) is 3.45. The fourth-order valence-electron chi connectivity index (χ4n) is 3.20. The molecule has 1 rings (SSSR count). The molecule has 0 spiro atoms. The van der Waals surface area contributed by atoms with Crippen molar-refractivity contribution in [2.45, 2.75) is 63.7 Å². The number of carbonyl (C=O) groups excluding carboxylic acids is 4. The van der Waals surface area contributed by atoms with E-state index in [0.29, 0.717) is 5.56 Å². The van der Waals surface area contributed by atoms with Crippen molar-refractivity contribution in [1.29, 1.82) is 0 Å². The third-order valence-electron chi connectivity index (χ3n) is 5.19. The molecule has 0 bridgehead atoms. The number of nitrogens with one attached hydrogen (secondary N) is 3. The van der Waals surface area contributed by atoms with Gasteiger partial charge in [0.25, 0.3) is 0 Å². The van der Waals surface area contributed by atoms with E-state index in [-0.39, 0.29) is 19.3 Å². The van der Waals surface area contributed by atoms with Crippen LogP contribution in [-0.2, 0) is 35.2 Å². The van der Waals surface area contributed by atoms with Crippen LogP contribution in [0.2, 0.25) is 0 Å². The maximum Gasteiger partial charge on any atom is 0.326 e. The van der Waals surface area contributed by atoms with E-state index in [1.54, 1.807) is 44.2 Å². The number of primary amides is 1. The molecule has 0 saturated heterocycles. The van der Waals surface area contributed by atoms with Crippen LogP contribution in [0.25, 0.3) is 0 Å². The molecule has 198 valence electrons. The van der Waals surface area contributed by atoms with Crippen molar-refractivity contribution in [2.24, 2.45) is 17.4 Å². The Balaban J connectivity index is 3.07. The minimum atomic E-state index is -1.60. The highest BCUT2D eigenvalue weighted by Gasteiger charge is 2.32. The lowest BCUT2D eigenvalue weighted by Crippen LogP contribution is -2.59. The molecule has 9 N–H and O–H groups in total. The number of benzene rings is 1. The summed E-state index contributed by atoms with van der Waals surface area (Å²) < 4.78 is 0. The summed E-state index contributed by atoms with van der Waals surface area (Å²) in [5.74, 6) is -6.32. The molecular weight excluding hydrogens is 474 g/mol. The van der Waals surface area contributed by atoms with Gasteiger partial charge in [-0.3, -0.25) is 24.0 Å². The second kappa shape index (κ2) is 14.4. The number of carbonyl (C=O) groups is 6. The first-order valence-corrected chi connectivity index (χ1v) is 11.2. The summed E-state index contributed by atoms with van der Waals surface area (Å²) in [5.41, 5.74) is 11.4. The number of aliphatic carboxylic acids is 2. The first-order valence-electron chi connectivity index (χ1n) is 11.2. The number of nitrogens with two attached hydrogens (primary N) is 2. The lowest BCUT2D eigenvalue weighted by Gasteiger charge is -2.27. The number of hydrogen-bond acceptors (Lipinski definition) is 7. The predicted molar refractivity (Wildman–Crippen MR) is 127 cm³/mol. The third-order valence-corrected chi connectivity index (χ3v) is 5.19. The van der Waals surface area contributed by atoms with Crippen molar-refractivity contribution < 1.29 is 39.0 Å². The van der Waals surface area contributed by atoms with Gasteiger partial charge in [-0.2, -0.15) is 0 Å². The summed E-state index contributed by atoms with van der Waals surface area (Å²) in [5, 5.41) is 25.3. The Hall–Kier alpha value is -4.00. The Morgan fingerprint density at radius 2 is 1.44 bits per heavy atom. The van der Waals surface area contributed by atoms with Crippen molar-refractivity contribution in [3.8, 4) is 0 Å². The Bertz CT molecular complexity index is 953. The monoisotopic (exact) mass is 507 g/mol. The van der Waals surface area contributed by atoms with Crippen LogP contribution in [0.1, 0.15) is 38.7 Å². The number of hydrogen-bond donors (Lipinski definition) is 7. The highest BCUT2D eigenvalue weighted by Crippen LogP contribution is 2.08. The highest BCUT2D eigenvalue weighted by molar-refractivity contribution is 5.95. The van der Waals surface area contributed by atoms with Gasteiger partial charge < -0.3 is 37.6 Å². The average Bonchev–Trinajstić information content (AvgIpc) is 2.79. The molecule has 13 nitrogen and oxygen atoms in total. The van der Waals surface area contributed by atoms with E-state index in [1.807, 2.05) is 0 Å². The second-order valence-electron chi connectivity index (χ2n) is 8.59. The average molecular weight is 508 g/mol. The van der Waals surface area contributed by atoms with E-state index in [9.17, 15) is 33.9 Å². The van der Waals surface area contributed by atoms with Gasteiger partial charge in [-0.15, -0.1) is 0 Å². The second-order valence-corrected chi connectivity index (χ2v) is 8.59. The molecule has 0 saturated carbocycles. The molecular formula is C23H33N5O8. The summed E-state index contributed by atoms with van der Waals surface area (Å²) in [4.78, 5) is 71.8. The van der Waals surface area contributed by atoms with Crippen LogP contribution in [0.15, 0.2) is 30.3 Å². The Labute approximate surface area is 208 Å². The van der Waals surface area contributed by atoms with E-state index >= 15 is 0 Å². The van der Waals surface area contributed by atoms with Gasteiger partial charge in [-0.1, -0.05) is 44.2 Å². The van der Waals surface area contributed by atoms with Crippen LogP contribution >= 0.6 is 0 Å². The zero-order chi connectivity index (χ0) is 27.4. The predicted octanol–water partition coefficient (Wildman–Crippen LogP) is -1.51. The first-order chi connectivity index (χ1) is 16.8. The lowest BCUT2D eigenvalue weighted by molar-refractivity contribution is -0.143. The topological polar surface area (TPSA) is 231 Å². The lowest BCUT2D eigenvalue weighted by atomic mass is 10.00. The van der Waals surface area contributed by atoms with E-state index in [4.69, 9.17) is 16.6 Å². The molecule has 4 unspecified atom stereocenters. The fraction of sp³-hybridized carbons (Fsp3) is 0.478. The molecule has 4 amide bonds. The van der Waals surface area contributed by atoms with Gasteiger partial charge in [0.1, 0.15) is 18.1 Å². The zero-order valence-corrected chi connectivity index (χ0v) is 20.1. The molecule has 1 aromatic carbocycles. The molecule has 36 heavy (non-hydrogen) atoms. The maximum atomic E-state index is 13.1. The molecule has 4 atom stereocenters. The van der Waals surface area contributed by atoms with Crippen molar-refractivity contribution in [3.63, 3.8) is 0 Å². The van der Waals surface area contributed by atoms with E-state index in [2.05, 4.69) is 16.0 Å². The third kappa shape index (κ3) is 10.5. The van der Waals surface area contributed by atoms with Gasteiger partial charge >= 0.3 is 11.9 Å². The van der Waals surface area contributed by atoms with Gasteiger partial charge in [0.2, 0.25) is 23.6 Å². The Morgan fingerprint density at radius 1 is 0.861 bits per heavy atom. The summed E-state index contributed by atoms with van der Waals surface area (Å²) in [6.45, 7) is 3.29. The van der Waals surface area contributed by atoms with Crippen LogP contribution in [0.5, 0.6) is 0 Å². The van der Waals surface area contributed by atoms with Crippen LogP contribution in [0.3, 0.4) is 0 Å². The summed E-state index contributed by atoms with van der Waals surface area (Å²) >= 11 is 0. The molecule has 0 fully saturated rings. The molecule has 1 aromatic rings. The quantitative estimate of drug-likeness (QED) is 0.146. The molecule has 0 aliphatic carbocycles. The Kier molecular flexibility index (Phi) is 12.0. The van der Waals surface area contributed by atoms with Crippen LogP contribution in [0, 0.1) is 5.92 Å². The molecule has 0 aliphatic heterocycles. The van der Waals surface area contributed by atoms with Crippen molar-refractivity contribution in [1.82, 2.24) is 16.0 Å². The van der Waals surface area contributed by atoms with Crippen LogP contribution < -0.4 is 27.4 Å². The van der Waals surface area contributed by atoms with Gasteiger partial charge in [0.15, 0.2) is 0 Å². The molecule has 13 heteroatoms. The van der Waals surface area contributed by atoms with Crippen molar-refractivity contribution >= 4 is 35.6 Å². The van der Waals surface area contributed by atoms with E-state index in [1.165, 1.54) is 0 Å². The fourth-order valence-corrected chi connectivity index (χ4v) is 3.20. The van der Waals surface area contributed by atoms with Gasteiger partial charge in [-0.05, 0) is 17.9 Å². The maximum absolute atomic E-state index is 13.1. The molecule has 0 aromatic heterocycles. The first kappa shape index (κ1) is 30.0. The molecule has 0 radical (unpaired) electrons. The molecule has 0 aliphatic rings. The van der Waals surface area contributed by atoms with Gasteiger partial charge in [-0.25, -0.2) is 4.79 Å². The number of carboxylic acids is 2. The van der Waals surface area contributed by atoms with Gasteiger partial charge in [0, 0.05) is 12.8 Å². The normalized spacial score (nSPS) is 14.1. The van der Waals surface area contributed by atoms with Crippen molar-refractivity contribution in [3.05, 3.63) is 35.9 Å². The van der Waals surface area contributed by atoms with Crippen molar-refractivity contribution in [2.75, 3.05) is 0 Å².